The summed E-state index contributed by atoms with van der Waals surface area (Å²) in [4.78, 5) is 91.0. The number of aromatic nitrogens is 5. The fraction of sp³-hybridized carbons (Fsp3) is 0.288. The maximum atomic E-state index is 13.7. The third-order valence-electron chi connectivity index (χ3n) is 11.9. The van der Waals surface area contributed by atoms with Gasteiger partial charge in [0.15, 0.2) is 35.3 Å². The normalized spacial score (nSPS) is 16.5. The summed E-state index contributed by atoms with van der Waals surface area (Å²) in [6.45, 7) is 7.36. The zero-order valence-corrected chi connectivity index (χ0v) is 41.1. The molecule has 0 saturated heterocycles. The Kier molecular flexibility index (Phi) is 16.1. The number of halogens is 2. The van der Waals surface area contributed by atoms with Gasteiger partial charge >= 0.3 is 5.97 Å². The second-order valence-electron chi connectivity index (χ2n) is 17.6. The average molecular weight is 1030 g/mol. The quantitative estimate of drug-likeness (QED) is 0.0968. The van der Waals surface area contributed by atoms with Crippen molar-refractivity contribution in [3.63, 3.8) is 0 Å². The number of carboxylic acid groups (broad SMARTS) is 1. The maximum absolute atomic E-state index is 13.7. The van der Waals surface area contributed by atoms with E-state index in [2.05, 4.69) is 52.8 Å². The molecule has 0 bridgehead atoms. The number of hydrogen-bond acceptors (Lipinski definition) is 16. The maximum Gasteiger partial charge on any atom is 0.323 e. The van der Waals surface area contributed by atoms with E-state index in [4.69, 9.17) is 24.3 Å². The van der Waals surface area contributed by atoms with Gasteiger partial charge in [0.05, 0.1) is 25.6 Å². The van der Waals surface area contributed by atoms with Gasteiger partial charge in [0, 0.05) is 67.3 Å². The summed E-state index contributed by atoms with van der Waals surface area (Å²) < 4.78 is 38.3. The predicted octanol–water partition coefficient (Wildman–Crippen LogP) is 4.88. The molecule has 1 fully saturated rings. The van der Waals surface area contributed by atoms with Crippen molar-refractivity contribution < 1.29 is 52.2 Å². The summed E-state index contributed by atoms with van der Waals surface area (Å²) in [6.07, 6.45) is 8.86. The highest BCUT2D eigenvalue weighted by atomic mass is 19.1. The number of amides is 3. The molecule has 4 aliphatic rings. The zero-order chi connectivity index (χ0) is 53.3. The van der Waals surface area contributed by atoms with Crippen molar-refractivity contribution in [1.29, 1.82) is 0 Å². The number of ether oxygens (including phenoxy) is 2. The molecule has 3 aliphatic heterocycles. The zero-order valence-electron chi connectivity index (χ0n) is 41.1. The summed E-state index contributed by atoms with van der Waals surface area (Å²) in [7, 11) is 2.74. The third kappa shape index (κ3) is 13.5. The van der Waals surface area contributed by atoms with Crippen molar-refractivity contribution in [3.05, 3.63) is 176 Å². The molecule has 3 aromatic heterocycles. The summed E-state index contributed by atoms with van der Waals surface area (Å²) >= 11 is 0. The van der Waals surface area contributed by atoms with Crippen LogP contribution in [-0.2, 0) is 38.9 Å². The van der Waals surface area contributed by atoms with Crippen LogP contribution in [0.5, 0.6) is 11.5 Å². The van der Waals surface area contributed by atoms with E-state index >= 15 is 0 Å². The third-order valence-corrected chi connectivity index (χ3v) is 11.9. The number of nitrogens with one attached hydrogen (secondary N) is 3. The van der Waals surface area contributed by atoms with Crippen LogP contribution < -0.4 is 31.0 Å². The first kappa shape index (κ1) is 52.2. The summed E-state index contributed by atoms with van der Waals surface area (Å²) in [5.74, 6) is -2.08. The number of carbonyl (C=O) groups excluding carboxylic acids is 3. The van der Waals surface area contributed by atoms with Gasteiger partial charge in [0.1, 0.15) is 47.5 Å². The Morgan fingerprint density at radius 1 is 0.747 bits per heavy atom. The van der Waals surface area contributed by atoms with Crippen molar-refractivity contribution >= 4 is 35.1 Å². The van der Waals surface area contributed by atoms with Gasteiger partial charge < -0.3 is 49.7 Å². The van der Waals surface area contributed by atoms with E-state index < -0.39 is 47.6 Å². The highest BCUT2D eigenvalue weighted by Crippen LogP contribution is 2.30. The smallest absolute Gasteiger partial charge is 0.323 e. The Hall–Kier alpha value is -9.15. The van der Waals surface area contributed by atoms with E-state index in [9.17, 15) is 32.8 Å². The monoisotopic (exact) mass is 1030 g/mol. The number of hydrogen-bond donors (Lipinski definition) is 4. The number of benzene rings is 2. The Morgan fingerprint density at radius 2 is 1.29 bits per heavy atom. The van der Waals surface area contributed by atoms with Crippen molar-refractivity contribution in [2.45, 2.75) is 77.4 Å². The molecule has 388 valence electrons. The minimum absolute atomic E-state index is 0.0466. The number of methoxy groups -OCH3 is 2. The van der Waals surface area contributed by atoms with E-state index in [1.54, 1.807) is 43.0 Å². The number of aryl methyl sites for hydroxylation is 2. The average Bonchev–Trinajstić information content (AvgIpc) is 3.81. The molecule has 2 atom stereocenters. The molecule has 3 amide bonds. The fourth-order valence-electron chi connectivity index (χ4n) is 7.85. The number of carboxylic acids is 1. The molecule has 0 spiro atoms. The van der Waals surface area contributed by atoms with Crippen LogP contribution >= 0.6 is 0 Å². The first-order valence-electron chi connectivity index (χ1n) is 23.5. The van der Waals surface area contributed by atoms with Gasteiger partial charge in [-0.25, -0.2) is 28.7 Å². The molecule has 2 aromatic carbocycles. The molecule has 5 aromatic rings. The van der Waals surface area contributed by atoms with Crippen LogP contribution in [0.1, 0.15) is 92.5 Å². The van der Waals surface area contributed by atoms with E-state index in [0.717, 1.165) is 23.0 Å². The molecule has 1 saturated carbocycles. The standard InChI is InChI=1S/C28H29FN6O4.C24H22FN5O6/c1-16-4-6-19(14-35(16)15-27(36)33-20-7-8-20)25-12-23(34-39-25)22-11-24(32-17(2)31-22)28(37)30-13-18-5-9-21(29)26(10-18)38-3;1-13-27-17(8-19(28-13)24(34)26-10-14-3-5-16(25)21(7-14)35-2)18-9-20(36-29-18)15-4-6-22(31)30(11-15)12-23(32)33/h4-6,9-11,14,20,25H,1,7-8,12-13,15H2,2-3H3,(H,30,37)(H,33,36);3-8,11,20H,9-10,12H2,1-2H3,(H,26,34)(H,32,33). The second kappa shape index (κ2) is 23.2. The van der Waals surface area contributed by atoms with Crippen LogP contribution in [-0.4, -0.2) is 103 Å². The molecule has 1 aliphatic carbocycles. The van der Waals surface area contributed by atoms with Crippen LogP contribution in [0, 0.1) is 25.5 Å². The van der Waals surface area contributed by atoms with Crippen LogP contribution in [0.2, 0.25) is 0 Å². The van der Waals surface area contributed by atoms with E-state index in [1.807, 2.05) is 18.4 Å². The van der Waals surface area contributed by atoms with Crippen LogP contribution in [0.4, 0.5) is 8.78 Å². The number of allylic oxidation sites excluding steroid dienone is 1. The molecule has 75 heavy (non-hydrogen) atoms. The summed E-state index contributed by atoms with van der Waals surface area (Å²) in [5.41, 5.74) is 5.26. The lowest BCUT2D eigenvalue weighted by Crippen LogP contribution is -2.36. The topological polar surface area (TPSA) is 263 Å². The van der Waals surface area contributed by atoms with E-state index in [1.165, 1.54) is 56.8 Å². The number of nitrogens with zero attached hydrogens (tertiary/aromatic N) is 8. The molecule has 21 nitrogen and oxygen atoms in total. The van der Waals surface area contributed by atoms with Crippen molar-refractivity contribution in [2.24, 2.45) is 10.3 Å². The molecule has 6 heterocycles. The van der Waals surface area contributed by atoms with Crippen molar-refractivity contribution in [2.75, 3.05) is 20.8 Å². The number of pyridine rings is 1. The molecule has 4 N–H and O–H groups in total. The van der Waals surface area contributed by atoms with Gasteiger partial charge in [0.25, 0.3) is 17.4 Å². The van der Waals surface area contributed by atoms with Crippen molar-refractivity contribution in [3.8, 4) is 11.5 Å². The number of rotatable bonds is 17. The van der Waals surface area contributed by atoms with Crippen LogP contribution in [0.25, 0.3) is 0 Å². The lowest BCUT2D eigenvalue weighted by atomic mass is 10.0. The lowest BCUT2D eigenvalue weighted by Gasteiger charge is -2.26. The molecule has 2 unspecified atom stereocenters. The minimum atomic E-state index is -1.14. The molecule has 9 rings (SSSR count). The Bertz CT molecular complexity index is 3260. The van der Waals surface area contributed by atoms with Gasteiger partial charge in [-0.05, 0) is 86.4 Å². The largest absolute Gasteiger partial charge is 0.494 e. The predicted molar refractivity (Wildman–Crippen MR) is 265 cm³/mol. The summed E-state index contributed by atoms with van der Waals surface area (Å²) in [5, 5.41) is 25.8. The first-order chi connectivity index (χ1) is 36.0. The van der Waals surface area contributed by atoms with E-state index in [-0.39, 0.29) is 61.0 Å². The number of oxime groups is 2. The van der Waals surface area contributed by atoms with Gasteiger partial charge in [-0.3, -0.25) is 24.0 Å². The Balaban J connectivity index is 0.000000200. The Labute approximate surface area is 427 Å². The number of carbonyl (C=O) groups is 4. The fourth-order valence-corrected chi connectivity index (χ4v) is 7.85. The Morgan fingerprint density at radius 3 is 1.83 bits per heavy atom. The first-order valence-corrected chi connectivity index (χ1v) is 23.5. The van der Waals surface area contributed by atoms with Gasteiger partial charge in [-0.15, -0.1) is 0 Å². The molecule has 0 radical (unpaired) electrons. The van der Waals surface area contributed by atoms with Gasteiger partial charge in [-0.2, -0.15) is 0 Å². The SMILES string of the molecule is C=C1C=CC(C2CC(c3cc(C(=O)NCc4ccc(F)c(OC)c4)nc(C)n3)=NO2)=CN1CC(=O)NC1CC1.COc1cc(CNC(=O)c2cc(C3=NOC(c4ccc(=O)n(CC(=O)O)c4)C3)nc(C)n2)ccc1F. The van der Waals surface area contributed by atoms with Gasteiger partial charge in [-0.1, -0.05) is 35.1 Å². The highest BCUT2D eigenvalue weighted by Gasteiger charge is 2.31. The second-order valence-corrected chi connectivity index (χ2v) is 17.6. The van der Waals surface area contributed by atoms with Crippen molar-refractivity contribution in [1.82, 2.24) is 45.4 Å². The summed E-state index contributed by atoms with van der Waals surface area (Å²) in [6, 6.07) is 14.9. The molecule has 23 heteroatoms. The van der Waals surface area contributed by atoms with E-state index in [0.29, 0.717) is 69.3 Å². The highest BCUT2D eigenvalue weighted by molar-refractivity contribution is 6.03. The molecular formula is C52H51F2N11O10. The van der Waals surface area contributed by atoms with Crippen LogP contribution in [0.15, 0.2) is 118 Å². The lowest BCUT2D eigenvalue weighted by molar-refractivity contribution is -0.137. The number of aliphatic carboxylic acids is 1. The molecular weight excluding hydrogens is 977 g/mol. The van der Waals surface area contributed by atoms with Gasteiger partial charge in [0.2, 0.25) is 5.91 Å². The van der Waals surface area contributed by atoms with Crippen LogP contribution in [0.3, 0.4) is 0 Å². The minimum Gasteiger partial charge on any atom is -0.494 e.